The first-order chi connectivity index (χ1) is 15.9. The largest absolute Gasteiger partial charge is 0.372 e. The van der Waals surface area contributed by atoms with Gasteiger partial charge in [0.2, 0.25) is 15.9 Å². The Morgan fingerprint density at radius 2 is 1.67 bits per heavy atom. The van der Waals surface area contributed by atoms with Gasteiger partial charge in [-0.25, -0.2) is 18.1 Å². The number of hydrogen-bond donors (Lipinski definition) is 2. The minimum Gasteiger partial charge on any atom is -0.372 e. The zero-order valence-electron chi connectivity index (χ0n) is 18.5. The van der Waals surface area contributed by atoms with Crippen LogP contribution in [0.5, 0.6) is 0 Å². The van der Waals surface area contributed by atoms with Crippen molar-refractivity contribution in [2.24, 2.45) is 0 Å². The Morgan fingerprint density at radius 3 is 2.30 bits per heavy atom. The summed E-state index contributed by atoms with van der Waals surface area (Å²) in [5.74, 6) is -1.22. The summed E-state index contributed by atoms with van der Waals surface area (Å²) in [7, 11) is -3.83. The summed E-state index contributed by atoms with van der Waals surface area (Å²) in [6.45, 7) is 3.85. The summed E-state index contributed by atoms with van der Waals surface area (Å²) in [6.07, 6.45) is 6.65. The second-order valence-electron chi connectivity index (χ2n) is 8.18. The molecular weight excluding hydrogens is 440 g/mol. The van der Waals surface area contributed by atoms with Crippen molar-refractivity contribution in [3.05, 3.63) is 66.7 Å². The second-order valence-corrected chi connectivity index (χ2v) is 9.90. The van der Waals surface area contributed by atoms with Gasteiger partial charge in [0, 0.05) is 24.5 Å². The first kappa shape index (κ1) is 22.8. The molecule has 1 amide bonds. The topological polar surface area (TPSA) is 109 Å². The standard InChI is InChI=1S/C23H28N6O3S/c1-18(19-5-9-22(10-6-19)29-17-24-16-25-29)26-23(30)15-33(31,32)27-20-7-11-21(12-8-20)28-13-3-2-4-14-28/h5-12,16-18,27H,2-4,13-15H2,1H3,(H,26,30). The number of anilines is 2. The first-order valence-electron chi connectivity index (χ1n) is 11.0. The molecule has 1 saturated heterocycles. The van der Waals surface area contributed by atoms with E-state index in [9.17, 15) is 13.2 Å². The lowest BCUT2D eigenvalue weighted by atomic mass is 10.1. The minimum atomic E-state index is -3.83. The zero-order valence-corrected chi connectivity index (χ0v) is 19.3. The highest BCUT2D eigenvalue weighted by atomic mass is 32.2. The van der Waals surface area contributed by atoms with Gasteiger partial charge in [-0.15, -0.1) is 0 Å². The molecule has 3 aromatic rings. The number of nitrogens with zero attached hydrogens (tertiary/aromatic N) is 4. The van der Waals surface area contributed by atoms with Crippen LogP contribution in [0.15, 0.2) is 61.2 Å². The first-order valence-corrected chi connectivity index (χ1v) is 12.6. The maximum atomic E-state index is 12.5. The van der Waals surface area contributed by atoms with Crippen LogP contribution >= 0.6 is 0 Å². The molecule has 1 aliphatic rings. The van der Waals surface area contributed by atoms with Gasteiger partial charge in [0.15, 0.2) is 0 Å². The van der Waals surface area contributed by atoms with Crippen LogP contribution in [0.3, 0.4) is 0 Å². The fourth-order valence-electron chi connectivity index (χ4n) is 3.90. The van der Waals surface area contributed by atoms with E-state index >= 15 is 0 Å². The number of piperidine rings is 1. The summed E-state index contributed by atoms with van der Waals surface area (Å²) >= 11 is 0. The van der Waals surface area contributed by atoms with Gasteiger partial charge in [-0.05, 0) is 68.1 Å². The van der Waals surface area contributed by atoms with Gasteiger partial charge >= 0.3 is 0 Å². The van der Waals surface area contributed by atoms with Crippen LogP contribution in [0.4, 0.5) is 11.4 Å². The molecule has 4 rings (SSSR count). The SMILES string of the molecule is CC(NC(=O)CS(=O)(=O)Nc1ccc(N2CCCCC2)cc1)c1ccc(-n2cncn2)cc1. The van der Waals surface area contributed by atoms with E-state index in [-0.39, 0.29) is 6.04 Å². The van der Waals surface area contributed by atoms with E-state index in [0.29, 0.717) is 5.69 Å². The Kier molecular flexibility index (Phi) is 6.93. The number of sulfonamides is 1. The molecule has 1 atom stereocenters. The van der Waals surface area contributed by atoms with Crippen LogP contribution < -0.4 is 14.9 Å². The van der Waals surface area contributed by atoms with E-state index in [1.165, 1.54) is 25.6 Å². The van der Waals surface area contributed by atoms with E-state index in [4.69, 9.17) is 0 Å². The Bertz CT molecular complexity index is 1160. The molecule has 1 fully saturated rings. The molecule has 10 heteroatoms. The average molecular weight is 469 g/mol. The third kappa shape index (κ3) is 6.10. The summed E-state index contributed by atoms with van der Waals surface area (Å²) in [5.41, 5.74) is 3.22. The van der Waals surface area contributed by atoms with Crippen molar-refractivity contribution in [3.63, 3.8) is 0 Å². The van der Waals surface area contributed by atoms with E-state index in [0.717, 1.165) is 30.0 Å². The van der Waals surface area contributed by atoms with Crippen molar-refractivity contribution in [2.45, 2.75) is 32.2 Å². The molecule has 174 valence electrons. The Labute approximate surface area is 193 Å². The predicted molar refractivity (Wildman–Crippen MR) is 128 cm³/mol. The van der Waals surface area contributed by atoms with Crippen molar-refractivity contribution in [2.75, 3.05) is 28.5 Å². The minimum absolute atomic E-state index is 0.346. The quantitative estimate of drug-likeness (QED) is 0.526. The molecule has 9 nitrogen and oxygen atoms in total. The van der Waals surface area contributed by atoms with Gasteiger partial charge in [-0.3, -0.25) is 9.52 Å². The van der Waals surface area contributed by atoms with E-state index < -0.39 is 21.7 Å². The molecule has 0 saturated carbocycles. The molecule has 0 radical (unpaired) electrons. The highest BCUT2D eigenvalue weighted by Gasteiger charge is 2.19. The van der Waals surface area contributed by atoms with Crippen LogP contribution in [-0.4, -0.2) is 47.9 Å². The molecule has 1 unspecified atom stereocenters. The molecule has 2 aromatic carbocycles. The molecule has 1 aliphatic heterocycles. The van der Waals surface area contributed by atoms with Crippen LogP contribution in [0.2, 0.25) is 0 Å². The average Bonchev–Trinajstić information content (AvgIpc) is 3.34. The molecule has 0 spiro atoms. The lowest BCUT2D eigenvalue weighted by Crippen LogP contribution is -2.34. The van der Waals surface area contributed by atoms with Crippen molar-refractivity contribution < 1.29 is 13.2 Å². The summed E-state index contributed by atoms with van der Waals surface area (Å²) in [4.78, 5) is 18.6. The van der Waals surface area contributed by atoms with Crippen LogP contribution in [0, 0.1) is 0 Å². The summed E-state index contributed by atoms with van der Waals surface area (Å²) < 4.78 is 29.1. The lowest BCUT2D eigenvalue weighted by molar-refractivity contribution is -0.119. The number of benzene rings is 2. The number of aromatic nitrogens is 3. The lowest BCUT2D eigenvalue weighted by Gasteiger charge is -2.28. The van der Waals surface area contributed by atoms with Gasteiger partial charge in [0.05, 0.1) is 11.7 Å². The van der Waals surface area contributed by atoms with E-state index in [2.05, 4.69) is 25.0 Å². The third-order valence-electron chi connectivity index (χ3n) is 5.64. The van der Waals surface area contributed by atoms with Crippen molar-refractivity contribution in [1.29, 1.82) is 0 Å². The van der Waals surface area contributed by atoms with Gasteiger partial charge in [0.1, 0.15) is 18.4 Å². The van der Waals surface area contributed by atoms with E-state index in [1.807, 2.05) is 43.3 Å². The Morgan fingerprint density at radius 1 is 1.00 bits per heavy atom. The van der Waals surface area contributed by atoms with Gasteiger partial charge in [-0.2, -0.15) is 5.10 Å². The number of nitrogens with one attached hydrogen (secondary N) is 2. The monoisotopic (exact) mass is 468 g/mol. The maximum Gasteiger partial charge on any atom is 0.241 e. The smallest absolute Gasteiger partial charge is 0.241 e. The zero-order chi connectivity index (χ0) is 23.3. The summed E-state index contributed by atoms with van der Waals surface area (Å²) in [5, 5.41) is 6.82. The molecular formula is C23H28N6O3S. The predicted octanol–water partition coefficient (Wildman–Crippen LogP) is 2.88. The fourth-order valence-corrected chi connectivity index (χ4v) is 4.90. The van der Waals surface area contributed by atoms with Crippen molar-refractivity contribution in [1.82, 2.24) is 20.1 Å². The van der Waals surface area contributed by atoms with Gasteiger partial charge in [-0.1, -0.05) is 12.1 Å². The fraction of sp³-hybridized carbons (Fsp3) is 0.348. The number of amides is 1. The number of carbonyl (C=O) groups is 1. The molecule has 0 aliphatic carbocycles. The number of carbonyl (C=O) groups excluding carboxylic acids is 1. The molecule has 33 heavy (non-hydrogen) atoms. The van der Waals surface area contributed by atoms with Crippen LogP contribution in [0.1, 0.15) is 37.8 Å². The molecule has 2 heterocycles. The van der Waals surface area contributed by atoms with Gasteiger partial charge in [0.25, 0.3) is 0 Å². The van der Waals surface area contributed by atoms with Crippen molar-refractivity contribution >= 4 is 27.3 Å². The normalized spacial score (nSPS) is 15.1. The van der Waals surface area contributed by atoms with E-state index in [1.54, 1.807) is 23.1 Å². The van der Waals surface area contributed by atoms with Gasteiger partial charge < -0.3 is 10.2 Å². The van der Waals surface area contributed by atoms with Crippen LogP contribution in [-0.2, 0) is 14.8 Å². The molecule has 0 bridgehead atoms. The maximum absolute atomic E-state index is 12.5. The molecule has 2 N–H and O–H groups in total. The van der Waals surface area contributed by atoms with Crippen molar-refractivity contribution in [3.8, 4) is 5.69 Å². The third-order valence-corrected chi connectivity index (χ3v) is 6.83. The molecule has 1 aromatic heterocycles. The highest BCUT2D eigenvalue weighted by Crippen LogP contribution is 2.22. The Balaban J connectivity index is 1.30. The summed E-state index contributed by atoms with van der Waals surface area (Å²) in [6, 6.07) is 14.4. The number of hydrogen-bond acceptors (Lipinski definition) is 6. The number of rotatable bonds is 8. The highest BCUT2D eigenvalue weighted by molar-refractivity contribution is 7.93. The Hall–Kier alpha value is -3.40. The second kappa shape index (κ2) is 10.0. The van der Waals surface area contributed by atoms with Crippen LogP contribution in [0.25, 0.3) is 5.69 Å².